The van der Waals surface area contributed by atoms with Crippen molar-refractivity contribution in [3.05, 3.63) is 0 Å². The smallest absolute Gasteiger partial charge is 0.0707 e. The second kappa shape index (κ2) is 6.73. The second-order valence-corrected chi connectivity index (χ2v) is 7.41. The van der Waals surface area contributed by atoms with Crippen molar-refractivity contribution in [1.29, 1.82) is 0 Å². The first-order valence-corrected chi connectivity index (χ1v) is 8.07. The van der Waals surface area contributed by atoms with Crippen molar-refractivity contribution in [2.75, 3.05) is 19.8 Å². The van der Waals surface area contributed by atoms with Crippen LogP contribution in [0.4, 0.5) is 0 Å². The Labute approximate surface area is 123 Å². The molecule has 0 amide bonds. The van der Waals surface area contributed by atoms with Gasteiger partial charge in [0.05, 0.1) is 31.5 Å². The van der Waals surface area contributed by atoms with E-state index in [0.717, 1.165) is 25.7 Å². The summed E-state index contributed by atoms with van der Waals surface area (Å²) in [7, 11) is 0. The van der Waals surface area contributed by atoms with Gasteiger partial charge in [-0.25, -0.2) is 0 Å². The topological polar surface area (TPSA) is 50.7 Å². The molecule has 0 radical (unpaired) electrons. The van der Waals surface area contributed by atoms with E-state index in [1.807, 2.05) is 0 Å². The molecule has 2 atom stereocenters. The predicted octanol–water partition coefficient (Wildman–Crippen LogP) is 2.24. The third kappa shape index (κ3) is 5.32. The lowest BCUT2D eigenvalue weighted by molar-refractivity contribution is -0.0694. The summed E-state index contributed by atoms with van der Waals surface area (Å²) in [6, 6.07) is 0.630. The number of ether oxygens (including phenoxy) is 2. The van der Waals surface area contributed by atoms with Gasteiger partial charge in [-0.1, -0.05) is 0 Å². The quantitative estimate of drug-likeness (QED) is 0.704. The third-order valence-electron chi connectivity index (χ3n) is 4.16. The molecule has 2 fully saturated rings. The summed E-state index contributed by atoms with van der Waals surface area (Å²) in [6.07, 6.45) is 6.99. The maximum Gasteiger partial charge on any atom is 0.0707 e. The van der Waals surface area contributed by atoms with Crippen molar-refractivity contribution < 1.29 is 14.6 Å². The van der Waals surface area contributed by atoms with Gasteiger partial charge in [-0.2, -0.15) is 0 Å². The molecule has 118 valence electrons. The van der Waals surface area contributed by atoms with Gasteiger partial charge >= 0.3 is 0 Å². The van der Waals surface area contributed by atoms with Crippen LogP contribution in [0.5, 0.6) is 0 Å². The fourth-order valence-electron chi connectivity index (χ4n) is 2.99. The lowest BCUT2D eigenvalue weighted by atomic mass is 9.80. The number of hydrogen-bond donors (Lipinski definition) is 2. The zero-order valence-corrected chi connectivity index (χ0v) is 13.3. The summed E-state index contributed by atoms with van der Waals surface area (Å²) in [5.74, 6) is 0. The molecule has 0 spiro atoms. The van der Waals surface area contributed by atoms with Gasteiger partial charge in [0.15, 0.2) is 0 Å². The van der Waals surface area contributed by atoms with Crippen LogP contribution in [0.3, 0.4) is 0 Å². The molecule has 0 heterocycles. The fourth-order valence-corrected chi connectivity index (χ4v) is 2.99. The van der Waals surface area contributed by atoms with Crippen molar-refractivity contribution in [3.63, 3.8) is 0 Å². The number of aliphatic hydroxyl groups is 1. The van der Waals surface area contributed by atoms with Crippen molar-refractivity contribution >= 4 is 0 Å². The number of hydrogen-bond acceptors (Lipinski definition) is 4. The van der Waals surface area contributed by atoms with Crippen LogP contribution in [0.1, 0.15) is 59.3 Å². The van der Waals surface area contributed by atoms with Crippen molar-refractivity contribution in [2.24, 2.45) is 0 Å². The Morgan fingerprint density at radius 2 is 1.95 bits per heavy atom. The normalized spacial score (nSPS) is 31.5. The summed E-state index contributed by atoms with van der Waals surface area (Å²) in [4.78, 5) is 0. The molecule has 0 aromatic rings. The van der Waals surface area contributed by atoms with Gasteiger partial charge in [0, 0.05) is 11.6 Å². The molecular formula is C16H31NO3. The standard InChI is InChI=1S/C16H31NO3/c1-15(2,3)20-10-9-19-14-5-4-8-16(11-14,12-18)17-13-6-7-13/h13-14,17-18H,4-12H2,1-3H3. The maximum atomic E-state index is 9.77. The van der Waals surface area contributed by atoms with Gasteiger partial charge in [-0.3, -0.25) is 0 Å². The van der Waals surface area contributed by atoms with E-state index in [2.05, 4.69) is 26.1 Å². The van der Waals surface area contributed by atoms with Gasteiger partial charge in [-0.15, -0.1) is 0 Å². The highest BCUT2D eigenvalue weighted by Gasteiger charge is 2.40. The summed E-state index contributed by atoms with van der Waals surface area (Å²) >= 11 is 0. The fraction of sp³-hybridized carbons (Fsp3) is 1.00. The van der Waals surface area contributed by atoms with Crippen LogP contribution in [-0.4, -0.2) is 48.2 Å². The van der Waals surface area contributed by atoms with Gasteiger partial charge in [-0.05, 0) is 59.3 Å². The largest absolute Gasteiger partial charge is 0.394 e. The molecule has 2 aliphatic carbocycles. The Morgan fingerprint density at radius 3 is 2.55 bits per heavy atom. The van der Waals surface area contributed by atoms with Gasteiger partial charge in [0.1, 0.15) is 0 Å². The maximum absolute atomic E-state index is 9.77. The summed E-state index contributed by atoms with van der Waals surface area (Å²) in [6.45, 7) is 7.69. The van der Waals surface area contributed by atoms with E-state index in [0.29, 0.717) is 19.3 Å². The van der Waals surface area contributed by atoms with Crippen molar-refractivity contribution in [2.45, 2.75) is 82.6 Å². The molecule has 4 nitrogen and oxygen atoms in total. The lowest BCUT2D eigenvalue weighted by Gasteiger charge is -2.40. The zero-order chi connectivity index (χ0) is 14.6. The lowest BCUT2D eigenvalue weighted by Crippen LogP contribution is -2.54. The van der Waals surface area contributed by atoms with Gasteiger partial charge in [0.25, 0.3) is 0 Å². The number of rotatable bonds is 7. The van der Waals surface area contributed by atoms with Crippen LogP contribution in [0.15, 0.2) is 0 Å². The van der Waals surface area contributed by atoms with Crippen LogP contribution in [0, 0.1) is 0 Å². The average molecular weight is 285 g/mol. The van der Waals surface area contributed by atoms with Crippen molar-refractivity contribution in [1.82, 2.24) is 5.32 Å². The Kier molecular flexibility index (Phi) is 5.46. The number of aliphatic hydroxyl groups excluding tert-OH is 1. The first-order valence-electron chi connectivity index (χ1n) is 8.07. The molecule has 0 saturated heterocycles. The van der Waals surface area contributed by atoms with Crippen LogP contribution in [-0.2, 0) is 9.47 Å². The highest BCUT2D eigenvalue weighted by Crippen LogP contribution is 2.33. The zero-order valence-electron chi connectivity index (χ0n) is 13.3. The predicted molar refractivity (Wildman–Crippen MR) is 79.9 cm³/mol. The van der Waals surface area contributed by atoms with E-state index in [1.54, 1.807) is 0 Å². The average Bonchev–Trinajstić information content (AvgIpc) is 3.18. The minimum atomic E-state index is -0.102. The van der Waals surface area contributed by atoms with Crippen LogP contribution < -0.4 is 5.32 Å². The van der Waals surface area contributed by atoms with E-state index in [9.17, 15) is 5.11 Å². The molecule has 0 aliphatic heterocycles. The van der Waals surface area contributed by atoms with E-state index in [4.69, 9.17) is 9.47 Å². The molecule has 2 aliphatic rings. The minimum Gasteiger partial charge on any atom is -0.394 e. The molecule has 4 heteroatoms. The van der Waals surface area contributed by atoms with E-state index in [-0.39, 0.29) is 23.9 Å². The highest BCUT2D eigenvalue weighted by atomic mass is 16.5. The molecule has 20 heavy (non-hydrogen) atoms. The van der Waals surface area contributed by atoms with Gasteiger partial charge < -0.3 is 19.9 Å². The Hall–Kier alpha value is -0.160. The Bertz CT molecular complexity index is 299. The number of nitrogens with one attached hydrogen (secondary N) is 1. The van der Waals surface area contributed by atoms with E-state index in [1.165, 1.54) is 12.8 Å². The first kappa shape index (κ1) is 16.2. The summed E-state index contributed by atoms with van der Waals surface area (Å²) in [5, 5.41) is 13.4. The molecule has 0 bridgehead atoms. The minimum absolute atomic E-state index is 0.0989. The SMILES string of the molecule is CC(C)(C)OCCOC1CCCC(CO)(NC2CC2)C1. The Morgan fingerprint density at radius 1 is 1.20 bits per heavy atom. The first-order chi connectivity index (χ1) is 9.42. The molecule has 2 saturated carbocycles. The highest BCUT2D eigenvalue weighted by molar-refractivity contribution is 4.99. The molecule has 2 rings (SSSR count). The molecule has 0 aromatic carbocycles. The Balaban J connectivity index is 1.71. The third-order valence-corrected chi connectivity index (χ3v) is 4.16. The molecular weight excluding hydrogens is 254 g/mol. The monoisotopic (exact) mass is 285 g/mol. The molecule has 2 unspecified atom stereocenters. The van der Waals surface area contributed by atoms with Crippen LogP contribution >= 0.6 is 0 Å². The summed E-state index contributed by atoms with van der Waals surface area (Å²) < 4.78 is 11.6. The molecule has 2 N–H and O–H groups in total. The van der Waals surface area contributed by atoms with Gasteiger partial charge in [0.2, 0.25) is 0 Å². The second-order valence-electron chi connectivity index (χ2n) is 7.41. The summed E-state index contributed by atoms with van der Waals surface area (Å²) in [5.41, 5.74) is -0.201. The van der Waals surface area contributed by atoms with Crippen LogP contribution in [0.2, 0.25) is 0 Å². The van der Waals surface area contributed by atoms with E-state index < -0.39 is 0 Å². The van der Waals surface area contributed by atoms with Crippen LogP contribution in [0.25, 0.3) is 0 Å². The van der Waals surface area contributed by atoms with Crippen molar-refractivity contribution in [3.8, 4) is 0 Å². The van der Waals surface area contributed by atoms with E-state index >= 15 is 0 Å². The molecule has 0 aromatic heterocycles.